The zero-order chi connectivity index (χ0) is 17.8. The largest absolute Gasteiger partial charge is 0.339 e. The van der Waals surface area contributed by atoms with Crippen molar-refractivity contribution >= 4 is 29.1 Å². The molecule has 1 N–H and O–H groups in total. The molecule has 0 unspecified atom stereocenters. The summed E-state index contributed by atoms with van der Waals surface area (Å²) in [7, 11) is 0. The van der Waals surface area contributed by atoms with Gasteiger partial charge in [-0.15, -0.1) is 0 Å². The van der Waals surface area contributed by atoms with Gasteiger partial charge in [-0.2, -0.15) is 5.10 Å². The van der Waals surface area contributed by atoms with Crippen LogP contribution in [0.1, 0.15) is 30.1 Å². The lowest BCUT2D eigenvalue weighted by Crippen LogP contribution is -2.40. The van der Waals surface area contributed by atoms with E-state index in [-0.39, 0.29) is 5.91 Å². The second-order valence-electron chi connectivity index (χ2n) is 6.31. The number of hydrogen-bond acceptors (Lipinski definition) is 3. The van der Waals surface area contributed by atoms with Crippen molar-refractivity contribution in [3.8, 4) is 5.69 Å². The third kappa shape index (κ3) is 4.35. The van der Waals surface area contributed by atoms with Crippen LogP contribution in [-0.2, 0) is 0 Å². The maximum absolute atomic E-state index is 12.7. The molecular weight excluding hydrogens is 359 g/mol. The average molecular weight is 381 g/mol. The summed E-state index contributed by atoms with van der Waals surface area (Å²) >= 11 is 12.1. The number of nitrogens with one attached hydrogen (secondary N) is 1. The minimum Gasteiger partial charge on any atom is -0.339 e. The molecule has 2 heterocycles. The van der Waals surface area contributed by atoms with Crippen molar-refractivity contribution in [2.75, 3.05) is 26.2 Å². The maximum Gasteiger partial charge on any atom is 0.257 e. The molecule has 3 rings (SSSR count). The standard InChI is InChI=1S/C18H22Cl2N4O/c1-2-21-10-13-5-7-23(8-6-13)18(25)14-11-22-24(12-14)17-4-3-15(19)9-16(17)20/h3-4,9,11-13,21H,2,5-8,10H2,1H3. The quantitative estimate of drug-likeness (QED) is 0.861. The third-order valence-corrected chi connectivity index (χ3v) is 5.11. The van der Waals surface area contributed by atoms with Crippen LogP contribution in [0.4, 0.5) is 0 Å². The van der Waals surface area contributed by atoms with E-state index in [1.54, 1.807) is 35.3 Å². The molecule has 1 aliphatic rings. The van der Waals surface area contributed by atoms with Crippen LogP contribution < -0.4 is 5.32 Å². The van der Waals surface area contributed by atoms with E-state index in [4.69, 9.17) is 23.2 Å². The van der Waals surface area contributed by atoms with Crippen molar-refractivity contribution in [2.24, 2.45) is 5.92 Å². The lowest BCUT2D eigenvalue weighted by Gasteiger charge is -2.31. The molecule has 1 aromatic carbocycles. The van der Waals surface area contributed by atoms with E-state index in [0.29, 0.717) is 27.2 Å². The number of likely N-dealkylation sites (tertiary alicyclic amines) is 1. The Kier molecular flexibility index (Phi) is 5.99. The van der Waals surface area contributed by atoms with Crippen molar-refractivity contribution in [1.82, 2.24) is 20.0 Å². The Morgan fingerprint density at radius 2 is 2.08 bits per heavy atom. The molecule has 1 amide bonds. The molecule has 0 saturated carbocycles. The minimum absolute atomic E-state index is 0.0261. The molecule has 0 aliphatic carbocycles. The predicted molar refractivity (Wildman–Crippen MR) is 101 cm³/mol. The highest BCUT2D eigenvalue weighted by Gasteiger charge is 2.24. The molecule has 0 spiro atoms. The number of rotatable bonds is 5. The third-order valence-electron chi connectivity index (χ3n) is 4.57. The Morgan fingerprint density at radius 1 is 1.32 bits per heavy atom. The summed E-state index contributed by atoms with van der Waals surface area (Å²) in [4.78, 5) is 14.6. The summed E-state index contributed by atoms with van der Waals surface area (Å²) in [6.45, 7) is 5.73. The number of piperidine rings is 1. The Morgan fingerprint density at radius 3 is 2.76 bits per heavy atom. The van der Waals surface area contributed by atoms with Crippen LogP contribution in [0.5, 0.6) is 0 Å². The van der Waals surface area contributed by atoms with Gasteiger partial charge in [-0.05, 0) is 50.0 Å². The van der Waals surface area contributed by atoms with Crippen LogP contribution in [0, 0.1) is 5.92 Å². The van der Waals surface area contributed by atoms with E-state index < -0.39 is 0 Å². The van der Waals surface area contributed by atoms with Crippen LogP contribution in [0.2, 0.25) is 10.0 Å². The molecule has 134 valence electrons. The monoisotopic (exact) mass is 380 g/mol. The molecular formula is C18H22Cl2N4O. The van der Waals surface area contributed by atoms with Gasteiger partial charge in [0.1, 0.15) is 0 Å². The SMILES string of the molecule is CCNCC1CCN(C(=O)c2cnn(-c3ccc(Cl)cc3Cl)c2)CC1. The first-order valence-electron chi connectivity index (χ1n) is 8.58. The molecule has 1 aliphatic heterocycles. The topological polar surface area (TPSA) is 50.2 Å². The first-order valence-corrected chi connectivity index (χ1v) is 9.34. The molecule has 0 radical (unpaired) electrons. The molecule has 1 aromatic heterocycles. The van der Waals surface area contributed by atoms with Crippen molar-refractivity contribution < 1.29 is 4.79 Å². The average Bonchev–Trinajstić information content (AvgIpc) is 3.09. The molecule has 7 heteroatoms. The van der Waals surface area contributed by atoms with Gasteiger partial charge in [-0.25, -0.2) is 4.68 Å². The van der Waals surface area contributed by atoms with Gasteiger partial charge in [0.05, 0.1) is 22.5 Å². The number of carbonyl (C=O) groups excluding carboxylic acids is 1. The summed E-state index contributed by atoms with van der Waals surface area (Å²) in [5, 5.41) is 8.73. The minimum atomic E-state index is 0.0261. The molecule has 1 saturated heterocycles. The van der Waals surface area contributed by atoms with E-state index in [9.17, 15) is 4.79 Å². The number of amides is 1. The van der Waals surface area contributed by atoms with Crippen molar-refractivity contribution in [3.63, 3.8) is 0 Å². The number of benzene rings is 1. The lowest BCUT2D eigenvalue weighted by atomic mass is 9.96. The van der Waals surface area contributed by atoms with E-state index in [1.807, 2.05) is 4.90 Å². The molecule has 1 fully saturated rings. The van der Waals surface area contributed by atoms with Gasteiger partial charge in [0.2, 0.25) is 0 Å². The van der Waals surface area contributed by atoms with Gasteiger partial charge in [-0.3, -0.25) is 4.79 Å². The number of carbonyl (C=O) groups is 1. The fraction of sp³-hybridized carbons (Fsp3) is 0.444. The van der Waals surface area contributed by atoms with Crippen LogP contribution in [-0.4, -0.2) is 46.8 Å². The number of hydrogen-bond donors (Lipinski definition) is 1. The molecule has 0 bridgehead atoms. The van der Waals surface area contributed by atoms with E-state index in [1.165, 1.54) is 0 Å². The zero-order valence-electron chi connectivity index (χ0n) is 14.2. The van der Waals surface area contributed by atoms with Gasteiger partial charge in [0.25, 0.3) is 5.91 Å². The smallest absolute Gasteiger partial charge is 0.257 e. The van der Waals surface area contributed by atoms with Gasteiger partial charge in [-0.1, -0.05) is 30.1 Å². The number of halogens is 2. The van der Waals surface area contributed by atoms with Gasteiger partial charge < -0.3 is 10.2 Å². The van der Waals surface area contributed by atoms with Crippen LogP contribution in [0.15, 0.2) is 30.6 Å². The Bertz CT molecular complexity index is 738. The highest BCUT2D eigenvalue weighted by molar-refractivity contribution is 6.35. The predicted octanol–water partition coefficient (Wildman–Crippen LogP) is 3.64. The Balaban J connectivity index is 1.65. The maximum atomic E-state index is 12.7. The fourth-order valence-electron chi connectivity index (χ4n) is 3.10. The summed E-state index contributed by atoms with van der Waals surface area (Å²) in [5.74, 6) is 0.679. The summed E-state index contributed by atoms with van der Waals surface area (Å²) in [6, 6.07) is 5.20. The summed E-state index contributed by atoms with van der Waals surface area (Å²) in [5.41, 5.74) is 1.28. The molecule has 2 aromatic rings. The normalized spacial score (nSPS) is 15.6. The van der Waals surface area contributed by atoms with Gasteiger partial charge >= 0.3 is 0 Å². The fourth-order valence-corrected chi connectivity index (χ4v) is 3.60. The van der Waals surface area contributed by atoms with E-state index >= 15 is 0 Å². The van der Waals surface area contributed by atoms with Gasteiger partial charge in [0, 0.05) is 24.3 Å². The number of aromatic nitrogens is 2. The van der Waals surface area contributed by atoms with E-state index in [2.05, 4.69) is 17.3 Å². The highest BCUT2D eigenvalue weighted by atomic mass is 35.5. The second-order valence-corrected chi connectivity index (χ2v) is 7.16. The highest BCUT2D eigenvalue weighted by Crippen LogP contribution is 2.24. The molecule has 25 heavy (non-hydrogen) atoms. The summed E-state index contributed by atoms with van der Waals surface area (Å²) in [6.07, 6.45) is 5.39. The van der Waals surface area contributed by atoms with E-state index in [0.717, 1.165) is 39.0 Å². The number of nitrogens with zero attached hydrogens (tertiary/aromatic N) is 3. The first-order chi connectivity index (χ1) is 12.1. The van der Waals surface area contributed by atoms with Crippen molar-refractivity contribution in [3.05, 3.63) is 46.2 Å². The van der Waals surface area contributed by atoms with Crippen LogP contribution in [0.25, 0.3) is 5.69 Å². The van der Waals surface area contributed by atoms with Crippen LogP contribution >= 0.6 is 23.2 Å². The Hall–Kier alpha value is -1.56. The van der Waals surface area contributed by atoms with Crippen LogP contribution in [0.3, 0.4) is 0 Å². The van der Waals surface area contributed by atoms with Crippen molar-refractivity contribution in [2.45, 2.75) is 19.8 Å². The summed E-state index contributed by atoms with van der Waals surface area (Å²) < 4.78 is 1.61. The van der Waals surface area contributed by atoms with Gasteiger partial charge in [0.15, 0.2) is 0 Å². The lowest BCUT2D eigenvalue weighted by molar-refractivity contribution is 0.0690. The molecule has 5 nitrogen and oxygen atoms in total. The Labute approximate surface area is 157 Å². The zero-order valence-corrected chi connectivity index (χ0v) is 15.7. The second kappa shape index (κ2) is 8.21. The first kappa shape index (κ1) is 18.2. The van der Waals surface area contributed by atoms with Crippen molar-refractivity contribution in [1.29, 1.82) is 0 Å². The molecule has 0 atom stereocenters.